The van der Waals surface area contributed by atoms with Gasteiger partial charge in [0.05, 0.1) is 16.3 Å². The summed E-state index contributed by atoms with van der Waals surface area (Å²) in [6.07, 6.45) is 0.859. The van der Waals surface area contributed by atoms with Crippen LogP contribution in [0.1, 0.15) is 39.0 Å². The first-order valence-corrected chi connectivity index (χ1v) is 8.77. The van der Waals surface area contributed by atoms with Crippen LogP contribution >= 0.6 is 0 Å². The fraction of sp³-hybridized carbons (Fsp3) is 0.158. The Hall–Kier alpha value is -4.08. The predicted octanol–water partition coefficient (Wildman–Crippen LogP) is 2.12. The minimum Gasteiger partial charge on any atom is -0.267 e. The van der Waals surface area contributed by atoms with Crippen molar-refractivity contribution in [1.29, 1.82) is 0 Å². The molecule has 10 heteroatoms. The number of aryl methyl sites for hydroxylation is 1. The molecule has 0 radical (unpaired) electrons. The highest BCUT2D eigenvalue weighted by Gasteiger charge is 2.19. The second-order valence-electron chi connectivity index (χ2n) is 6.17. The Morgan fingerprint density at radius 3 is 2.45 bits per heavy atom. The highest BCUT2D eigenvalue weighted by molar-refractivity contribution is 5.98. The van der Waals surface area contributed by atoms with Gasteiger partial charge in [-0.1, -0.05) is 30.3 Å². The number of carbonyl (C=O) groups is 2. The van der Waals surface area contributed by atoms with Gasteiger partial charge in [-0.25, -0.2) is 4.68 Å². The van der Waals surface area contributed by atoms with Crippen LogP contribution in [0.4, 0.5) is 5.69 Å². The van der Waals surface area contributed by atoms with E-state index in [9.17, 15) is 19.7 Å². The van der Waals surface area contributed by atoms with Gasteiger partial charge >= 0.3 is 0 Å². The van der Waals surface area contributed by atoms with Crippen LogP contribution in [0.15, 0.2) is 48.5 Å². The number of nitro groups is 1. The Morgan fingerprint density at radius 1 is 1.10 bits per heavy atom. The molecule has 0 spiro atoms. The standard InChI is InChI=1S/C19H18N6O4/c1-3-13-7-9-14(10-8-13)18(26)21-22-19(27)17-12(2)24(23-20-17)15-5-4-6-16(11-15)25(28)29/h4-11H,3H2,1-2H3,(H,21,26)(H,22,27). The van der Waals surface area contributed by atoms with Crippen molar-refractivity contribution in [1.82, 2.24) is 25.8 Å². The van der Waals surface area contributed by atoms with E-state index in [1.165, 1.54) is 22.9 Å². The molecule has 0 saturated carbocycles. The molecule has 0 fully saturated rings. The molecule has 0 atom stereocenters. The first-order chi connectivity index (χ1) is 13.9. The molecule has 2 amide bonds. The molecule has 0 bridgehead atoms. The van der Waals surface area contributed by atoms with Gasteiger partial charge < -0.3 is 0 Å². The third-order valence-corrected chi connectivity index (χ3v) is 4.31. The van der Waals surface area contributed by atoms with Crippen molar-refractivity contribution in [2.45, 2.75) is 20.3 Å². The van der Waals surface area contributed by atoms with E-state index in [1.54, 1.807) is 25.1 Å². The number of benzene rings is 2. The number of nitro benzene ring substituents is 1. The largest absolute Gasteiger partial charge is 0.292 e. The van der Waals surface area contributed by atoms with E-state index in [0.717, 1.165) is 12.0 Å². The van der Waals surface area contributed by atoms with Crippen LogP contribution in [-0.2, 0) is 6.42 Å². The van der Waals surface area contributed by atoms with Crippen molar-refractivity contribution in [3.8, 4) is 5.69 Å². The molecule has 0 unspecified atom stereocenters. The van der Waals surface area contributed by atoms with Gasteiger partial charge in [0.15, 0.2) is 5.69 Å². The summed E-state index contributed by atoms with van der Waals surface area (Å²) in [7, 11) is 0. The zero-order valence-electron chi connectivity index (χ0n) is 15.7. The lowest BCUT2D eigenvalue weighted by atomic mass is 10.1. The van der Waals surface area contributed by atoms with E-state index in [-0.39, 0.29) is 11.4 Å². The smallest absolute Gasteiger partial charge is 0.267 e. The topological polar surface area (TPSA) is 132 Å². The average Bonchev–Trinajstić information content (AvgIpc) is 3.13. The predicted molar refractivity (Wildman–Crippen MR) is 104 cm³/mol. The number of hydrogen-bond acceptors (Lipinski definition) is 6. The molecule has 2 N–H and O–H groups in total. The van der Waals surface area contributed by atoms with Crippen LogP contribution in [0.3, 0.4) is 0 Å². The number of hydrogen-bond donors (Lipinski definition) is 2. The second-order valence-corrected chi connectivity index (χ2v) is 6.17. The van der Waals surface area contributed by atoms with E-state index < -0.39 is 16.7 Å². The molecule has 29 heavy (non-hydrogen) atoms. The third-order valence-electron chi connectivity index (χ3n) is 4.31. The minimum absolute atomic E-state index is 0.0156. The maximum absolute atomic E-state index is 12.4. The fourth-order valence-corrected chi connectivity index (χ4v) is 2.66. The van der Waals surface area contributed by atoms with Gasteiger partial charge in [-0.2, -0.15) is 0 Å². The number of aromatic nitrogens is 3. The van der Waals surface area contributed by atoms with E-state index in [1.807, 2.05) is 19.1 Å². The molecule has 148 valence electrons. The summed E-state index contributed by atoms with van der Waals surface area (Å²) in [5.41, 5.74) is 6.76. The Kier molecular flexibility index (Phi) is 5.63. The molecule has 0 aliphatic carbocycles. The zero-order valence-corrected chi connectivity index (χ0v) is 15.7. The highest BCUT2D eigenvalue weighted by Crippen LogP contribution is 2.18. The van der Waals surface area contributed by atoms with Crippen LogP contribution in [0.2, 0.25) is 0 Å². The first kappa shape index (κ1) is 19.7. The molecule has 0 aliphatic heterocycles. The van der Waals surface area contributed by atoms with Gasteiger partial charge in [0, 0.05) is 17.7 Å². The van der Waals surface area contributed by atoms with Gasteiger partial charge in [-0.05, 0) is 37.1 Å². The number of carbonyl (C=O) groups excluding carboxylic acids is 2. The van der Waals surface area contributed by atoms with E-state index in [0.29, 0.717) is 16.9 Å². The normalized spacial score (nSPS) is 10.4. The van der Waals surface area contributed by atoms with Crippen LogP contribution < -0.4 is 10.9 Å². The van der Waals surface area contributed by atoms with E-state index in [2.05, 4.69) is 21.2 Å². The zero-order chi connectivity index (χ0) is 21.0. The Balaban J connectivity index is 1.71. The minimum atomic E-state index is -0.655. The second kappa shape index (κ2) is 8.30. The van der Waals surface area contributed by atoms with Crippen LogP contribution in [0, 0.1) is 17.0 Å². The number of nitrogens with zero attached hydrogens (tertiary/aromatic N) is 4. The monoisotopic (exact) mass is 394 g/mol. The Bertz CT molecular complexity index is 1070. The maximum atomic E-state index is 12.4. The van der Waals surface area contributed by atoms with Crippen molar-refractivity contribution in [3.05, 3.63) is 81.2 Å². The number of hydrazine groups is 1. The van der Waals surface area contributed by atoms with E-state index in [4.69, 9.17) is 0 Å². The van der Waals surface area contributed by atoms with Crippen molar-refractivity contribution < 1.29 is 14.5 Å². The average molecular weight is 394 g/mol. The Labute approximate surface area is 165 Å². The van der Waals surface area contributed by atoms with Gasteiger partial charge in [0.1, 0.15) is 0 Å². The summed E-state index contributed by atoms with van der Waals surface area (Å²) >= 11 is 0. The van der Waals surface area contributed by atoms with Gasteiger partial charge in [0.25, 0.3) is 17.5 Å². The van der Waals surface area contributed by atoms with Crippen molar-refractivity contribution >= 4 is 17.5 Å². The molecular formula is C19H18N6O4. The van der Waals surface area contributed by atoms with Crippen molar-refractivity contribution in [2.75, 3.05) is 0 Å². The van der Waals surface area contributed by atoms with Gasteiger partial charge in [-0.15, -0.1) is 5.10 Å². The lowest BCUT2D eigenvalue weighted by Crippen LogP contribution is -2.42. The summed E-state index contributed by atoms with van der Waals surface area (Å²) < 4.78 is 1.31. The third kappa shape index (κ3) is 4.26. The lowest BCUT2D eigenvalue weighted by molar-refractivity contribution is -0.384. The molecule has 1 aromatic heterocycles. The fourth-order valence-electron chi connectivity index (χ4n) is 2.66. The number of rotatable bonds is 5. The quantitative estimate of drug-likeness (QED) is 0.503. The summed E-state index contributed by atoms with van der Waals surface area (Å²) in [5.74, 6) is -1.12. The number of non-ortho nitro benzene ring substituents is 1. The summed E-state index contributed by atoms with van der Waals surface area (Å²) in [6.45, 7) is 3.61. The number of amides is 2. The lowest BCUT2D eigenvalue weighted by Gasteiger charge is -2.07. The van der Waals surface area contributed by atoms with Gasteiger partial charge in [-0.3, -0.25) is 30.6 Å². The van der Waals surface area contributed by atoms with Crippen LogP contribution in [0.5, 0.6) is 0 Å². The summed E-state index contributed by atoms with van der Waals surface area (Å²) in [5, 5.41) is 18.6. The molecule has 0 saturated heterocycles. The molecule has 10 nitrogen and oxygen atoms in total. The molecule has 1 heterocycles. The Morgan fingerprint density at radius 2 is 1.79 bits per heavy atom. The maximum Gasteiger partial charge on any atom is 0.292 e. The first-order valence-electron chi connectivity index (χ1n) is 8.77. The SMILES string of the molecule is CCc1ccc(C(=O)NNC(=O)c2nnn(-c3cccc([N+](=O)[O-])c3)c2C)cc1. The van der Waals surface area contributed by atoms with Crippen LogP contribution in [-0.4, -0.2) is 31.7 Å². The molecule has 0 aliphatic rings. The van der Waals surface area contributed by atoms with E-state index >= 15 is 0 Å². The number of nitrogens with one attached hydrogen (secondary N) is 2. The molecule has 3 rings (SSSR count). The van der Waals surface area contributed by atoms with Gasteiger partial charge in [0.2, 0.25) is 0 Å². The van der Waals surface area contributed by atoms with Crippen LogP contribution in [0.25, 0.3) is 5.69 Å². The summed E-state index contributed by atoms with van der Waals surface area (Å²) in [4.78, 5) is 35.0. The summed E-state index contributed by atoms with van der Waals surface area (Å²) in [6, 6.07) is 12.8. The van der Waals surface area contributed by atoms with Crippen molar-refractivity contribution in [2.24, 2.45) is 0 Å². The van der Waals surface area contributed by atoms with Crippen molar-refractivity contribution in [3.63, 3.8) is 0 Å². The molecule has 2 aromatic carbocycles. The highest BCUT2D eigenvalue weighted by atomic mass is 16.6. The molecular weight excluding hydrogens is 376 g/mol. The molecule has 3 aromatic rings.